The molecular weight excluding hydrogens is 263 g/mol. The second-order valence-electron chi connectivity index (χ2n) is 7.18. The summed E-state index contributed by atoms with van der Waals surface area (Å²) in [6.07, 6.45) is 6.29. The van der Waals surface area contributed by atoms with Crippen molar-refractivity contribution in [2.24, 2.45) is 0 Å². The van der Waals surface area contributed by atoms with Gasteiger partial charge < -0.3 is 14.6 Å². The largest absolute Gasteiger partial charge is 0.496 e. The SMILES string of the molecule is CC1(C)OB(c2cncc(C3CCCNC3)c2)OC1(C)C. The Bertz CT molecular complexity index is 497. The lowest BCUT2D eigenvalue weighted by molar-refractivity contribution is 0.00578. The van der Waals surface area contributed by atoms with Crippen LogP contribution in [-0.2, 0) is 9.31 Å². The number of piperidine rings is 1. The second kappa shape index (κ2) is 5.38. The molecule has 1 aromatic heterocycles. The minimum Gasteiger partial charge on any atom is -0.399 e. The summed E-state index contributed by atoms with van der Waals surface area (Å²) in [4.78, 5) is 4.41. The number of hydrogen-bond donors (Lipinski definition) is 1. The molecule has 3 rings (SSSR count). The summed E-state index contributed by atoms with van der Waals surface area (Å²) in [6.45, 7) is 10.5. The number of rotatable bonds is 2. The maximum absolute atomic E-state index is 6.11. The molecule has 1 unspecified atom stereocenters. The van der Waals surface area contributed by atoms with E-state index in [0.29, 0.717) is 5.92 Å². The third-order valence-corrected chi connectivity index (χ3v) is 5.07. The molecule has 114 valence electrons. The quantitative estimate of drug-likeness (QED) is 0.843. The highest BCUT2D eigenvalue weighted by Crippen LogP contribution is 2.36. The molecular formula is C16H25BN2O2. The van der Waals surface area contributed by atoms with Crippen molar-refractivity contribution in [3.63, 3.8) is 0 Å². The predicted molar refractivity (Wildman–Crippen MR) is 84.8 cm³/mol. The lowest BCUT2D eigenvalue weighted by Gasteiger charge is -2.32. The summed E-state index contributed by atoms with van der Waals surface area (Å²) in [5, 5.41) is 3.46. The molecule has 0 bridgehead atoms. The third kappa shape index (κ3) is 2.87. The molecule has 1 N–H and O–H groups in total. The molecule has 2 fully saturated rings. The summed E-state index contributed by atoms with van der Waals surface area (Å²) in [5.74, 6) is 0.550. The number of hydrogen-bond acceptors (Lipinski definition) is 4. The molecule has 21 heavy (non-hydrogen) atoms. The molecule has 3 heterocycles. The van der Waals surface area contributed by atoms with E-state index in [1.54, 1.807) is 0 Å². The highest BCUT2D eigenvalue weighted by molar-refractivity contribution is 6.62. The molecule has 0 saturated carbocycles. The Balaban J connectivity index is 1.81. The van der Waals surface area contributed by atoms with Crippen LogP contribution in [0.4, 0.5) is 0 Å². The van der Waals surface area contributed by atoms with E-state index >= 15 is 0 Å². The molecule has 2 aliphatic heterocycles. The predicted octanol–water partition coefficient (Wildman–Crippen LogP) is 1.85. The van der Waals surface area contributed by atoms with E-state index in [1.165, 1.54) is 18.4 Å². The van der Waals surface area contributed by atoms with Gasteiger partial charge in [-0.3, -0.25) is 4.98 Å². The van der Waals surface area contributed by atoms with Crippen molar-refractivity contribution in [2.75, 3.05) is 13.1 Å². The van der Waals surface area contributed by atoms with E-state index in [2.05, 4.69) is 44.1 Å². The smallest absolute Gasteiger partial charge is 0.399 e. The van der Waals surface area contributed by atoms with Crippen LogP contribution in [-0.4, -0.2) is 36.4 Å². The Morgan fingerprint density at radius 1 is 1.19 bits per heavy atom. The van der Waals surface area contributed by atoms with Gasteiger partial charge in [0.15, 0.2) is 0 Å². The Kier molecular flexibility index (Phi) is 3.84. The van der Waals surface area contributed by atoms with Crippen LogP contribution in [0.15, 0.2) is 18.5 Å². The van der Waals surface area contributed by atoms with E-state index < -0.39 is 0 Å². The van der Waals surface area contributed by atoms with Gasteiger partial charge in [0.25, 0.3) is 0 Å². The molecule has 0 aliphatic carbocycles. The fraction of sp³-hybridized carbons (Fsp3) is 0.688. The first kappa shape index (κ1) is 15.0. The van der Waals surface area contributed by atoms with Crippen LogP contribution >= 0.6 is 0 Å². The van der Waals surface area contributed by atoms with Gasteiger partial charge in [0, 0.05) is 24.4 Å². The van der Waals surface area contributed by atoms with Crippen molar-refractivity contribution in [3.8, 4) is 0 Å². The highest BCUT2D eigenvalue weighted by Gasteiger charge is 2.51. The van der Waals surface area contributed by atoms with Gasteiger partial charge in [-0.05, 0) is 58.6 Å². The molecule has 2 saturated heterocycles. The average molecular weight is 288 g/mol. The van der Waals surface area contributed by atoms with Gasteiger partial charge in [-0.1, -0.05) is 6.07 Å². The van der Waals surface area contributed by atoms with Gasteiger partial charge in [-0.25, -0.2) is 0 Å². The molecule has 0 radical (unpaired) electrons. The fourth-order valence-electron chi connectivity index (χ4n) is 2.94. The minimum atomic E-state index is -0.320. The summed E-state index contributed by atoms with van der Waals surface area (Å²) in [5.41, 5.74) is 1.70. The first-order chi connectivity index (χ1) is 9.89. The zero-order valence-corrected chi connectivity index (χ0v) is 13.5. The van der Waals surface area contributed by atoms with E-state index in [1.807, 2.05) is 12.4 Å². The van der Waals surface area contributed by atoms with Gasteiger partial charge in [0.2, 0.25) is 0 Å². The topological polar surface area (TPSA) is 43.4 Å². The van der Waals surface area contributed by atoms with Crippen LogP contribution in [0.5, 0.6) is 0 Å². The zero-order valence-electron chi connectivity index (χ0n) is 13.5. The zero-order chi connectivity index (χ0) is 15.1. The van der Waals surface area contributed by atoms with Crippen molar-refractivity contribution in [3.05, 3.63) is 24.0 Å². The van der Waals surface area contributed by atoms with Crippen molar-refractivity contribution >= 4 is 12.6 Å². The van der Waals surface area contributed by atoms with Crippen LogP contribution in [0.2, 0.25) is 0 Å². The minimum absolute atomic E-state index is 0.305. The maximum atomic E-state index is 6.11. The summed E-state index contributed by atoms with van der Waals surface area (Å²) in [7, 11) is -0.320. The molecule has 0 spiro atoms. The molecule has 1 aromatic rings. The van der Waals surface area contributed by atoms with E-state index in [4.69, 9.17) is 9.31 Å². The Labute approximate surface area is 127 Å². The van der Waals surface area contributed by atoms with Gasteiger partial charge >= 0.3 is 7.12 Å². The Morgan fingerprint density at radius 3 is 2.52 bits per heavy atom. The highest BCUT2D eigenvalue weighted by atomic mass is 16.7. The Morgan fingerprint density at radius 2 is 1.90 bits per heavy atom. The normalized spacial score (nSPS) is 27.8. The monoisotopic (exact) mass is 288 g/mol. The van der Waals surface area contributed by atoms with Gasteiger partial charge in [-0.2, -0.15) is 0 Å². The molecule has 0 amide bonds. The standard InChI is InChI=1S/C16H25BN2O2/c1-15(2)16(3,4)21-17(20-15)14-8-13(10-19-11-14)12-6-5-7-18-9-12/h8,10-12,18H,5-7,9H2,1-4H3. The third-order valence-electron chi connectivity index (χ3n) is 5.07. The molecule has 5 heteroatoms. The van der Waals surface area contributed by atoms with Gasteiger partial charge in [0.05, 0.1) is 11.2 Å². The van der Waals surface area contributed by atoms with Gasteiger partial charge in [0.1, 0.15) is 0 Å². The Hall–Kier alpha value is -0.905. The number of aromatic nitrogens is 1. The first-order valence-electron chi connectivity index (χ1n) is 7.90. The van der Waals surface area contributed by atoms with Crippen molar-refractivity contribution in [2.45, 2.75) is 57.7 Å². The first-order valence-corrected chi connectivity index (χ1v) is 7.90. The number of nitrogens with zero attached hydrogens (tertiary/aromatic N) is 1. The van der Waals surface area contributed by atoms with E-state index in [9.17, 15) is 0 Å². The molecule has 0 aromatic carbocycles. The number of nitrogens with one attached hydrogen (secondary N) is 1. The van der Waals surface area contributed by atoms with Crippen LogP contribution in [0.1, 0.15) is 52.0 Å². The summed E-state index contributed by atoms with van der Waals surface area (Å²) >= 11 is 0. The van der Waals surface area contributed by atoms with E-state index in [-0.39, 0.29) is 18.3 Å². The summed E-state index contributed by atoms with van der Waals surface area (Å²) < 4.78 is 12.2. The van der Waals surface area contributed by atoms with Crippen LogP contribution < -0.4 is 10.8 Å². The van der Waals surface area contributed by atoms with Gasteiger partial charge in [-0.15, -0.1) is 0 Å². The lowest BCUT2D eigenvalue weighted by atomic mass is 9.78. The molecule has 2 aliphatic rings. The van der Waals surface area contributed by atoms with Crippen LogP contribution in [0.25, 0.3) is 0 Å². The molecule has 4 nitrogen and oxygen atoms in total. The van der Waals surface area contributed by atoms with E-state index in [0.717, 1.165) is 18.6 Å². The second-order valence-corrected chi connectivity index (χ2v) is 7.18. The fourth-order valence-corrected chi connectivity index (χ4v) is 2.94. The number of pyridine rings is 1. The van der Waals surface area contributed by atoms with Crippen molar-refractivity contribution in [1.82, 2.24) is 10.3 Å². The average Bonchev–Trinajstić information content (AvgIpc) is 2.69. The van der Waals surface area contributed by atoms with Crippen molar-refractivity contribution < 1.29 is 9.31 Å². The lowest BCUT2D eigenvalue weighted by Crippen LogP contribution is -2.41. The van der Waals surface area contributed by atoms with Crippen LogP contribution in [0, 0.1) is 0 Å². The van der Waals surface area contributed by atoms with Crippen LogP contribution in [0.3, 0.4) is 0 Å². The van der Waals surface area contributed by atoms with Crippen molar-refractivity contribution in [1.29, 1.82) is 0 Å². The summed E-state index contributed by atoms with van der Waals surface area (Å²) in [6, 6.07) is 2.20. The molecule has 1 atom stereocenters. The maximum Gasteiger partial charge on any atom is 0.496 e.